The van der Waals surface area contributed by atoms with Crippen LogP contribution in [0.5, 0.6) is 11.5 Å². The number of likely N-dealkylation sites (N-methyl/N-ethyl adjacent to an activating group) is 1. The average molecular weight is 280 g/mol. The van der Waals surface area contributed by atoms with Gasteiger partial charge in [-0.15, -0.1) is 0 Å². The van der Waals surface area contributed by atoms with E-state index < -0.39 is 0 Å². The highest BCUT2D eigenvalue weighted by atomic mass is 16.5. The monoisotopic (exact) mass is 280 g/mol. The predicted molar refractivity (Wildman–Crippen MR) is 83.8 cm³/mol. The molecule has 114 valence electrons. The summed E-state index contributed by atoms with van der Waals surface area (Å²) < 4.78 is 11.3. The molecule has 0 aliphatic carbocycles. The third-order valence-corrected chi connectivity index (χ3v) is 3.68. The maximum absolute atomic E-state index is 5.84. The Hall–Kier alpha value is -1.26. The predicted octanol–water partition coefficient (Wildman–Crippen LogP) is 2.70. The van der Waals surface area contributed by atoms with Gasteiger partial charge in [0.2, 0.25) is 0 Å². The molecule has 0 bridgehead atoms. The second-order valence-corrected chi connectivity index (χ2v) is 4.80. The molecule has 0 amide bonds. The number of nitrogens with one attached hydrogen (secondary N) is 1. The first-order valence-electron chi connectivity index (χ1n) is 7.36. The molecule has 4 nitrogen and oxygen atoms in total. The molecule has 0 saturated heterocycles. The Bertz CT molecular complexity index is 392. The molecule has 0 heterocycles. The van der Waals surface area contributed by atoms with Gasteiger partial charge in [0.15, 0.2) is 11.5 Å². The van der Waals surface area contributed by atoms with Gasteiger partial charge in [-0.1, -0.05) is 19.9 Å². The van der Waals surface area contributed by atoms with Gasteiger partial charge in [-0.2, -0.15) is 0 Å². The molecule has 20 heavy (non-hydrogen) atoms. The molecule has 0 saturated carbocycles. The molecule has 4 heteroatoms. The number of hydrogen-bond donors (Lipinski definition) is 1. The van der Waals surface area contributed by atoms with E-state index in [1.807, 2.05) is 19.2 Å². The van der Waals surface area contributed by atoms with Gasteiger partial charge in [-0.05, 0) is 44.8 Å². The summed E-state index contributed by atoms with van der Waals surface area (Å²) in [6.45, 7) is 10.2. The quantitative estimate of drug-likeness (QED) is 0.754. The highest BCUT2D eigenvalue weighted by Crippen LogP contribution is 2.30. The van der Waals surface area contributed by atoms with Crippen molar-refractivity contribution in [1.29, 1.82) is 0 Å². The van der Waals surface area contributed by atoms with Crippen LogP contribution < -0.4 is 14.8 Å². The first-order chi connectivity index (χ1) is 9.65. The lowest BCUT2D eigenvalue weighted by atomic mass is 10.1. The molecule has 1 aromatic carbocycles. The van der Waals surface area contributed by atoms with Gasteiger partial charge in [-0.3, -0.25) is 0 Å². The van der Waals surface area contributed by atoms with Gasteiger partial charge in [0.1, 0.15) is 6.61 Å². The van der Waals surface area contributed by atoms with Gasteiger partial charge in [0.25, 0.3) is 0 Å². The highest BCUT2D eigenvalue weighted by molar-refractivity contribution is 5.43. The zero-order valence-corrected chi connectivity index (χ0v) is 13.4. The molecule has 1 rings (SSSR count). The van der Waals surface area contributed by atoms with Crippen LogP contribution in [-0.2, 0) is 0 Å². The number of rotatable bonds is 9. The van der Waals surface area contributed by atoms with E-state index in [-0.39, 0.29) is 0 Å². The molecule has 0 aliphatic heterocycles. The second kappa shape index (κ2) is 8.82. The fraction of sp³-hybridized carbons (Fsp3) is 0.625. The van der Waals surface area contributed by atoms with Crippen molar-refractivity contribution >= 4 is 0 Å². The summed E-state index contributed by atoms with van der Waals surface area (Å²) in [6.07, 6.45) is 0. The van der Waals surface area contributed by atoms with E-state index in [1.54, 1.807) is 7.11 Å². The molecular formula is C16H28N2O2. The number of nitrogens with zero attached hydrogens (tertiary/aromatic N) is 1. The molecule has 0 aromatic heterocycles. The van der Waals surface area contributed by atoms with E-state index in [0.29, 0.717) is 12.6 Å². The molecule has 0 fully saturated rings. The molecule has 1 unspecified atom stereocenters. The summed E-state index contributed by atoms with van der Waals surface area (Å²) in [5.74, 6) is 1.61. The number of benzene rings is 1. The first kappa shape index (κ1) is 16.8. The molecule has 0 aliphatic rings. The second-order valence-electron chi connectivity index (χ2n) is 4.80. The summed E-state index contributed by atoms with van der Waals surface area (Å²) in [5.41, 5.74) is 1.19. The SMILES string of the molecule is CCN(CC)CCOc1ccc(C(C)NC)cc1OC. The first-order valence-corrected chi connectivity index (χ1v) is 7.36. The van der Waals surface area contributed by atoms with Crippen molar-refractivity contribution in [2.75, 3.05) is 40.4 Å². The van der Waals surface area contributed by atoms with Gasteiger partial charge in [0.05, 0.1) is 7.11 Å². The largest absolute Gasteiger partial charge is 0.493 e. The normalized spacial score (nSPS) is 12.5. The van der Waals surface area contributed by atoms with Crippen molar-refractivity contribution in [2.24, 2.45) is 0 Å². The van der Waals surface area contributed by atoms with Gasteiger partial charge in [-0.25, -0.2) is 0 Å². The van der Waals surface area contributed by atoms with Crippen LogP contribution in [0.25, 0.3) is 0 Å². The van der Waals surface area contributed by atoms with E-state index >= 15 is 0 Å². The zero-order chi connectivity index (χ0) is 15.0. The van der Waals surface area contributed by atoms with Gasteiger partial charge in [0, 0.05) is 12.6 Å². The number of hydrogen-bond acceptors (Lipinski definition) is 4. The third-order valence-electron chi connectivity index (χ3n) is 3.68. The smallest absolute Gasteiger partial charge is 0.161 e. The van der Waals surface area contributed by atoms with Crippen molar-refractivity contribution in [2.45, 2.75) is 26.8 Å². The average Bonchev–Trinajstić information content (AvgIpc) is 2.50. The van der Waals surface area contributed by atoms with Crippen molar-refractivity contribution in [3.05, 3.63) is 23.8 Å². The van der Waals surface area contributed by atoms with Crippen LogP contribution in [0.1, 0.15) is 32.4 Å². The van der Waals surface area contributed by atoms with Crippen LogP contribution in [0, 0.1) is 0 Å². The Kier molecular flexibility index (Phi) is 7.41. The van der Waals surface area contributed by atoms with Crippen LogP contribution in [0.3, 0.4) is 0 Å². The van der Waals surface area contributed by atoms with Crippen molar-refractivity contribution in [1.82, 2.24) is 10.2 Å². The van der Waals surface area contributed by atoms with Crippen molar-refractivity contribution < 1.29 is 9.47 Å². The minimum Gasteiger partial charge on any atom is -0.493 e. The Morgan fingerprint density at radius 1 is 1.20 bits per heavy atom. The summed E-state index contributed by atoms with van der Waals surface area (Å²) in [6, 6.07) is 6.41. The zero-order valence-electron chi connectivity index (χ0n) is 13.4. The summed E-state index contributed by atoms with van der Waals surface area (Å²) >= 11 is 0. The van der Waals surface area contributed by atoms with Crippen LogP contribution in [0.15, 0.2) is 18.2 Å². The molecular weight excluding hydrogens is 252 g/mol. The van der Waals surface area contributed by atoms with Crippen LogP contribution in [0.4, 0.5) is 0 Å². The van der Waals surface area contributed by atoms with E-state index in [9.17, 15) is 0 Å². The van der Waals surface area contributed by atoms with Gasteiger partial charge < -0.3 is 19.7 Å². The fourth-order valence-corrected chi connectivity index (χ4v) is 2.06. The fourth-order valence-electron chi connectivity index (χ4n) is 2.06. The van der Waals surface area contributed by atoms with Crippen LogP contribution in [0.2, 0.25) is 0 Å². The maximum atomic E-state index is 5.84. The topological polar surface area (TPSA) is 33.7 Å². The van der Waals surface area contributed by atoms with Gasteiger partial charge >= 0.3 is 0 Å². The minimum absolute atomic E-state index is 0.300. The van der Waals surface area contributed by atoms with Crippen molar-refractivity contribution in [3.8, 4) is 11.5 Å². The van der Waals surface area contributed by atoms with Crippen LogP contribution >= 0.6 is 0 Å². The lowest BCUT2D eigenvalue weighted by molar-refractivity contribution is 0.217. The Labute approximate surface area is 123 Å². The van der Waals surface area contributed by atoms with E-state index in [0.717, 1.165) is 31.1 Å². The van der Waals surface area contributed by atoms with Crippen LogP contribution in [-0.4, -0.2) is 45.3 Å². The Morgan fingerprint density at radius 3 is 2.45 bits per heavy atom. The highest BCUT2D eigenvalue weighted by Gasteiger charge is 2.09. The summed E-state index contributed by atoms with van der Waals surface area (Å²) in [5, 5.41) is 3.22. The summed E-state index contributed by atoms with van der Waals surface area (Å²) in [7, 11) is 3.63. The van der Waals surface area contributed by atoms with Crippen molar-refractivity contribution in [3.63, 3.8) is 0 Å². The van der Waals surface area contributed by atoms with E-state index in [2.05, 4.69) is 37.1 Å². The maximum Gasteiger partial charge on any atom is 0.161 e. The third kappa shape index (κ3) is 4.69. The van der Waals surface area contributed by atoms with E-state index in [4.69, 9.17) is 9.47 Å². The van der Waals surface area contributed by atoms with E-state index in [1.165, 1.54) is 5.56 Å². The molecule has 0 spiro atoms. The molecule has 1 aromatic rings. The standard InChI is InChI=1S/C16H28N2O2/c1-6-18(7-2)10-11-20-15-9-8-14(13(3)17-4)12-16(15)19-5/h8-9,12-13,17H,6-7,10-11H2,1-5H3. The molecule has 0 radical (unpaired) electrons. The molecule has 1 atom stereocenters. The lowest BCUT2D eigenvalue weighted by Gasteiger charge is -2.19. The Balaban J connectivity index is 2.66. The number of methoxy groups -OCH3 is 1. The summed E-state index contributed by atoms with van der Waals surface area (Å²) in [4.78, 5) is 2.34. The minimum atomic E-state index is 0.300. The lowest BCUT2D eigenvalue weighted by Crippen LogP contribution is -2.27. The Morgan fingerprint density at radius 2 is 1.90 bits per heavy atom. The molecule has 1 N–H and O–H groups in total. The number of ether oxygens (including phenoxy) is 2.